The van der Waals surface area contributed by atoms with Crippen molar-refractivity contribution < 1.29 is 18.8 Å². The molecule has 9 nitrogen and oxygen atoms in total. The fourth-order valence-corrected chi connectivity index (χ4v) is 2.66. The number of hydrogen-bond acceptors (Lipinski definition) is 7. The molecule has 1 amide bonds. The van der Waals surface area contributed by atoms with E-state index < -0.39 is 5.91 Å². The standard InChI is InChI=1S/C18H21N5O4/c1-11-9-12(2)23(21-11)8-7-19-17(24)18-20-16(22-27-18)13-5-6-14(25-3)15(10-13)26-4/h5-6,9-10H,7-8H2,1-4H3,(H,19,24). The fraction of sp³-hybridized carbons (Fsp3) is 0.333. The Morgan fingerprint density at radius 3 is 2.63 bits per heavy atom. The van der Waals surface area contributed by atoms with Gasteiger partial charge in [-0.1, -0.05) is 5.16 Å². The van der Waals surface area contributed by atoms with Crippen LogP contribution >= 0.6 is 0 Å². The highest BCUT2D eigenvalue weighted by Crippen LogP contribution is 2.31. The molecule has 0 atom stereocenters. The van der Waals surface area contributed by atoms with Crippen molar-refractivity contribution in [3.05, 3.63) is 41.5 Å². The predicted molar refractivity (Wildman–Crippen MR) is 96.9 cm³/mol. The molecule has 0 spiro atoms. The predicted octanol–water partition coefficient (Wildman–Crippen LogP) is 2.00. The zero-order valence-electron chi connectivity index (χ0n) is 15.6. The first-order chi connectivity index (χ1) is 13.0. The number of carbonyl (C=O) groups excluding carboxylic acids is 1. The molecule has 27 heavy (non-hydrogen) atoms. The van der Waals surface area contributed by atoms with Gasteiger partial charge in [0.25, 0.3) is 0 Å². The Labute approximate surface area is 156 Å². The number of hydrogen-bond donors (Lipinski definition) is 1. The van der Waals surface area contributed by atoms with Crippen molar-refractivity contribution in [3.8, 4) is 22.9 Å². The number of nitrogens with zero attached hydrogens (tertiary/aromatic N) is 4. The summed E-state index contributed by atoms with van der Waals surface area (Å²) in [5.74, 6) is 0.881. The second kappa shape index (κ2) is 7.90. The molecule has 0 fully saturated rings. The number of benzene rings is 1. The van der Waals surface area contributed by atoms with Crippen molar-refractivity contribution in [3.63, 3.8) is 0 Å². The summed E-state index contributed by atoms with van der Waals surface area (Å²) in [4.78, 5) is 16.4. The van der Waals surface area contributed by atoms with Gasteiger partial charge in [0.05, 0.1) is 26.5 Å². The van der Waals surface area contributed by atoms with Crippen molar-refractivity contribution in [2.24, 2.45) is 0 Å². The average Bonchev–Trinajstić information content (AvgIpc) is 3.28. The van der Waals surface area contributed by atoms with E-state index in [2.05, 4.69) is 20.6 Å². The van der Waals surface area contributed by atoms with Crippen LogP contribution in [0.1, 0.15) is 22.1 Å². The van der Waals surface area contributed by atoms with Crippen molar-refractivity contribution in [1.29, 1.82) is 0 Å². The second-order valence-electron chi connectivity index (χ2n) is 5.90. The van der Waals surface area contributed by atoms with E-state index in [0.717, 1.165) is 11.4 Å². The lowest BCUT2D eigenvalue weighted by Crippen LogP contribution is -2.28. The summed E-state index contributed by atoms with van der Waals surface area (Å²) >= 11 is 0. The van der Waals surface area contributed by atoms with E-state index in [0.29, 0.717) is 36.0 Å². The Morgan fingerprint density at radius 1 is 1.19 bits per heavy atom. The van der Waals surface area contributed by atoms with Crippen LogP contribution in [0.25, 0.3) is 11.4 Å². The minimum absolute atomic E-state index is 0.104. The van der Waals surface area contributed by atoms with Crippen LogP contribution in [-0.2, 0) is 6.54 Å². The van der Waals surface area contributed by atoms with Crippen molar-refractivity contribution in [1.82, 2.24) is 25.2 Å². The van der Waals surface area contributed by atoms with Crippen molar-refractivity contribution >= 4 is 5.91 Å². The smallest absolute Gasteiger partial charge is 0.316 e. The molecular formula is C18H21N5O4. The quantitative estimate of drug-likeness (QED) is 0.677. The molecule has 0 saturated heterocycles. The maximum absolute atomic E-state index is 12.2. The molecule has 0 saturated carbocycles. The maximum Gasteiger partial charge on any atom is 0.316 e. The highest BCUT2D eigenvalue weighted by atomic mass is 16.5. The van der Waals surface area contributed by atoms with Crippen LogP contribution in [0.3, 0.4) is 0 Å². The van der Waals surface area contributed by atoms with E-state index in [1.54, 1.807) is 32.4 Å². The van der Waals surface area contributed by atoms with Gasteiger partial charge in [0.1, 0.15) is 0 Å². The van der Waals surface area contributed by atoms with Gasteiger partial charge in [-0.3, -0.25) is 9.48 Å². The fourth-order valence-electron chi connectivity index (χ4n) is 2.66. The van der Waals surface area contributed by atoms with Crippen LogP contribution in [0.15, 0.2) is 28.8 Å². The number of carbonyl (C=O) groups is 1. The van der Waals surface area contributed by atoms with E-state index in [9.17, 15) is 4.79 Å². The Balaban J connectivity index is 1.64. The second-order valence-corrected chi connectivity index (χ2v) is 5.90. The molecule has 0 radical (unpaired) electrons. The lowest BCUT2D eigenvalue weighted by Gasteiger charge is -2.07. The Morgan fingerprint density at radius 2 is 1.96 bits per heavy atom. The van der Waals surface area contributed by atoms with Gasteiger partial charge in [0, 0.05) is 17.8 Å². The first kappa shape index (κ1) is 18.4. The molecule has 142 valence electrons. The highest BCUT2D eigenvalue weighted by Gasteiger charge is 2.17. The number of rotatable bonds is 7. The molecule has 0 aliphatic heterocycles. The molecule has 0 bridgehead atoms. The number of nitrogens with one attached hydrogen (secondary N) is 1. The maximum atomic E-state index is 12.2. The van der Waals surface area contributed by atoms with E-state index in [1.165, 1.54) is 0 Å². The number of aromatic nitrogens is 4. The Kier molecular flexibility index (Phi) is 5.39. The summed E-state index contributed by atoms with van der Waals surface area (Å²) in [5, 5.41) is 11.0. The van der Waals surface area contributed by atoms with E-state index in [-0.39, 0.29) is 5.89 Å². The lowest BCUT2D eigenvalue weighted by molar-refractivity contribution is 0.0908. The zero-order valence-corrected chi connectivity index (χ0v) is 15.6. The van der Waals surface area contributed by atoms with Crippen LogP contribution in [-0.4, -0.2) is 46.6 Å². The van der Waals surface area contributed by atoms with E-state index in [4.69, 9.17) is 14.0 Å². The van der Waals surface area contributed by atoms with Crippen molar-refractivity contribution in [2.45, 2.75) is 20.4 Å². The summed E-state index contributed by atoms with van der Waals surface area (Å²) in [6, 6.07) is 7.19. The van der Waals surface area contributed by atoms with E-state index >= 15 is 0 Å². The Bertz CT molecular complexity index is 947. The molecule has 1 aromatic carbocycles. The van der Waals surface area contributed by atoms with Crippen LogP contribution < -0.4 is 14.8 Å². The average molecular weight is 371 g/mol. The molecule has 2 aromatic heterocycles. The molecule has 9 heteroatoms. The van der Waals surface area contributed by atoms with Gasteiger partial charge in [-0.2, -0.15) is 10.1 Å². The SMILES string of the molecule is COc1ccc(-c2noc(C(=O)NCCn3nc(C)cc3C)n2)cc1OC. The van der Waals surface area contributed by atoms with Crippen molar-refractivity contribution in [2.75, 3.05) is 20.8 Å². The third kappa shape index (κ3) is 4.08. The van der Waals surface area contributed by atoms with Gasteiger partial charge in [0.2, 0.25) is 5.82 Å². The van der Waals surface area contributed by atoms with Gasteiger partial charge < -0.3 is 19.3 Å². The molecule has 3 rings (SSSR count). The topological polar surface area (TPSA) is 104 Å². The third-order valence-electron chi connectivity index (χ3n) is 3.97. The van der Waals surface area contributed by atoms with Gasteiger partial charge in [-0.25, -0.2) is 0 Å². The normalized spacial score (nSPS) is 10.7. The number of aryl methyl sites for hydroxylation is 2. The third-order valence-corrected chi connectivity index (χ3v) is 3.97. The van der Waals surface area contributed by atoms with Crippen LogP contribution in [0.2, 0.25) is 0 Å². The largest absolute Gasteiger partial charge is 0.493 e. The molecular weight excluding hydrogens is 350 g/mol. The Hall–Kier alpha value is -3.36. The van der Waals surface area contributed by atoms with E-state index in [1.807, 2.05) is 24.6 Å². The number of ether oxygens (including phenoxy) is 2. The summed E-state index contributed by atoms with van der Waals surface area (Å²) in [5.41, 5.74) is 2.63. The number of methoxy groups -OCH3 is 2. The monoisotopic (exact) mass is 371 g/mol. The van der Waals surface area contributed by atoms with Gasteiger partial charge in [-0.15, -0.1) is 0 Å². The first-order valence-electron chi connectivity index (χ1n) is 8.37. The van der Waals surface area contributed by atoms with Gasteiger partial charge in [-0.05, 0) is 38.1 Å². The highest BCUT2D eigenvalue weighted by molar-refractivity contribution is 5.89. The zero-order chi connectivity index (χ0) is 19.4. The molecule has 1 N–H and O–H groups in total. The molecule has 2 heterocycles. The van der Waals surface area contributed by atoms with Gasteiger partial charge >= 0.3 is 11.8 Å². The van der Waals surface area contributed by atoms with Crippen LogP contribution in [0, 0.1) is 13.8 Å². The molecule has 3 aromatic rings. The summed E-state index contributed by atoms with van der Waals surface area (Å²) in [6.07, 6.45) is 0. The molecule has 0 aliphatic carbocycles. The van der Waals surface area contributed by atoms with Gasteiger partial charge in [0.15, 0.2) is 11.5 Å². The summed E-state index contributed by atoms with van der Waals surface area (Å²) in [7, 11) is 3.10. The minimum atomic E-state index is -0.434. The van der Waals surface area contributed by atoms with Crippen LogP contribution in [0.4, 0.5) is 0 Å². The minimum Gasteiger partial charge on any atom is -0.493 e. The first-order valence-corrected chi connectivity index (χ1v) is 8.37. The molecule has 0 unspecified atom stereocenters. The van der Waals surface area contributed by atoms with Crippen LogP contribution in [0.5, 0.6) is 11.5 Å². The number of amides is 1. The summed E-state index contributed by atoms with van der Waals surface area (Å²) < 4.78 is 17.4. The lowest BCUT2D eigenvalue weighted by atomic mass is 10.2. The molecule has 0 aliphatic rings. The summed E-state index contributed by atoms with van der Waals surface area (Å²) in [6.45, 7) is 4.85.